The number of ketones is 1. The number of carbonyl (C=O) groups excluding carboxylic acids is 2. The number of methoxy groups -OCH3 is 1. The molecule has 6 nitrogen and oxygen atoms in total. The van der Waals surface area contributed by atoms with Gasteiger partial charge in [-0.05, 0) is 74.9 Å². The summed E-state index contributed by atoms with van der Waals surface area (Å²) >= 11 is 0. The molecule has 0 amide bonds. The van der Waals surface area contributed by atoms with Gasteiger partial charge in [0.2, 0.25) is 0 Å². The van der Waals surface area contributed by atoms with Gasteiger partial charge in [0.1, 0.15) is 11.5 Å². The van der Waals surface area contributed by atoms with Crippen LogP contribution in [0.3, 0.4) is 0 Å². The van der Waals surface area contributed by atoms with Crippen LogP contribution in [-0.2, 0) is 14.3 Å². The van der Waals surface area contributed by atoms with E-state index in [4.69, 9.17) is 14.2 Å². The lowest BCUT2D eigenvalue weighted by molar-refractivity contribution is -0.144. The molecule has 3 atom stereocenters. The minimum Gasteiger partial charge on any atom is -0.497 e. The van der Waals surface area contributed by atoms with E-state index < -0.39 is 5.92 Å². The quantitative estimate of drug-likeness (QED) is 0.473. The zero-order valence-corrected chi connectivity index (χ0v) is 21.7. The first-order valence-corrected chi connectivity index (χ1v) is 12.7. The number of dihydropyridines is 1. The van der Waals surface area contributed by atoms with Crippen LogP contribution in [0.5, 0.6) is 11.5 Å². The number of allylic oxidation sites excluding steroid dienone is 3. The molecule has 2 aromatic rings. The minimum atomic E-state index is -0.488. The summed E-state index contributed by atoms with van der Waals surface area (Å²) in [7, 11) is 1.64. The second-order valence-electron chi connectivity index (χ2n) is 9.42. The standard InChI is InChI=1S/C30H35NO5/c1-6-18(3)36-30(33)27-19(4)31-25-16-22(20-8-12-23(34-5)13-9-20)17-26(32)29(25)28(27)21-10-14-24(15-11-21)35-7-2/h8-15,18,22,28,31H,6-7,16-17H2,1-5H3/t18-,22+,28+/m1/s1. The van der Waals surface area contributed by atoms with Crippen molar-refractivity contribution in [1.82, 2.24) is 5.32 Å². The average molecular weight is 490 g/mol. The van der Waals surface area contributed by atoms with E-state index in [1.54, 1.807) is 7.11 Å². The Morgan fingerprint density at radius 1 is 1.00 bits per heavy atom. The van der Waals surface area contributed by atoms with Crippen LogP contribution in [0.4, 0.5) is 0 Å². The van der Waals surface area contributed by atoms with Crippen LogP contribution in [0.2, 0.25) is 0 Å². The number of benzene rings is 2. The van der Waals surface area contributed by atoms with Crippen molar-refractivity contribution in [2.75, 3.05) is 13.7 Å². The van der Waals surface area contributed by atoms with Crippen molar-refractivity contribution in [3.8, 4) is 11.5 Å². The highest BCUT2D eigenvalue weighted by Crippen LogP contribution is 2.46. The SMILES string of the molecule is CCOc1ccc([C@H]2C(C(=O)O[C@H](C)CC)=C(C)NC3=C2C(=O)C[C@@H](c2ccc(OC)cc2)C3)cc1. The lowest BCUT2D eigenvalue weighted by Gasteiger charge is -2.37. The average Bonchev–Trinajstić information content (AvgIpc) is 2.88. The maximum absolute atomic E-state index is 13.7. The number of ether oxygens (including phenoxy) is 3. The Balaban J connectivity index is 1.74. The zero-order chi connectivity index (χ0) is 25.8. The second-order valence-corrected chi connectivity index (χ2v) is 9.42. The number of carbonyl (C=O) groups is 2. The lowest BCUT2D eigenvalue weighted by atomic mass is 9.71. The van der Waals surface area contributed by atoms with Gasteiger partial charge in [0, 0.05) is 29.3 Å². The Hall–Kier alpha value is -3.54. The summed E-state index contributed by atoms with van der Waals surface area (Å²) in [6, 6.07) is 15.6. The van der Waals surface area contributed by atoms with Crippen molar-refractivity contribution in [3.05, 3.63) is 82.2 Å². The van der Waals surface area contributed by atoms with Crippen LogP contribution < -0.4 is 14.8 Å². The van der Waals surface area contributed by atoms with Crippen LogP contribution in [-0.4, -0.2) is 31.6 Å². The summed E-state index contributed by atoms with van der Waals surface area (Å²) in [4.78, 5) is 27.1. The van der Waals surface area contributed by atoms with Gasteiger partial charge >= 0.3 is 5.97 Å². The predicted octanol–water partition coefficient (Wildman–Crippen LogP) is 5.80. The number of esters is 1. The highest BCUT2D eigenvalue weighted by molar-refractivity contribution is 6.04. The van der Waals surface area contributed by atoms with Crippen molar-refractivity contribution >= 4 is 11.8 Å². The van der Waals surface area contributed by atoms with Crippen molar-refractivity contribution < 1.29 is 23.8 Å². The van der Waals surface area contributed by atoms with Crippen LogP contribution in [0.15, 0.2) is 71.1 Å². The largest absolute Gasteiger partial charge is 0.497 e. The van der Waals surface area contributed by atoms with E-state index in [2.05, 4.69) is 5.32 Å². The van der Waals surface area contributed by atoms with Gasteiger partial charge in [0.15, 0.2) is 5.78 Å². The first kappa shape index (κ1) is 25.5. The molecule has 0 bridgehead atoms. The molecule has 0 saturated carbocycles. The lowest BCUT2D eigenvalue weighted by Crippen LogP contribution is -2.36. The van der Waals surface area contributed by atoms with E-state index in [0.717, 1.165) is 40.4 Å². The second kappa shape index (κ2) is 11.0. The van der Waals surface area contributed by atoms with Crippen molar-refractivity contribution in [2.24, 2.45) is 0 Å². The maximum Gasteiger partial charge on any atom is 0.337 e. The number of nitrogens with one attached hydrogen (secondary N) is 1. The monoisotopic (exact) mass is 489 g/mol. The summed E-state index contributed by atoms with van der Waals surface area (Å²) in [5, 5.41) is 3.41. The first-order valence-electron chi connectivity index (χ1n) is 12.7. The maximum atomic E-state index is 13.7. The molecule has 6 heteroatoms. The Morgan fingerprint density at radius 3 is 2.25 bits per heavy atom. The van der Waals surface area contributed by atoms with E-state index in [1.165, 1.54) is 0 Å². The van der Waals surface area contributed by atoms with Gasteiger partial charge in [-0.2, -0.15) is 0 Å². The number of Topliss-reactive ketones (excluding diaryl/α,β-unsaturated/α-hetero) is 1. The molecular formula is C30H35NO5. The molecule has 0 spiro atoms. The summed E-state index contributed by atoms with van der Waals surface area (Å²) in [5.74, 6) is 0.767. The van der Waals surface area contributed by atoms with Gasteiger partial charge < -0.3 is 19.5 Å². The molecule has 2 aliphatic rings. The molecule has 1 N–H and O–H groups in total. The summed E-state index contributed by atoms with van der Waals surface area (Å²) in [6.07, 6.45) is 1.57. The third kappa shape index (κ3) is 5.18. The minimum absolute atomic E-state index is 0.0461. The molecule has 0 fully saturated rings. The number of rotatable bonds is 8. The Morgan fingerprint density at radius 2 is 1.64 bits per heavy atom. The van der Waals surface area contributed by atoms with Crippen molar-refractivity contribution in [1.29, 1.82) is 0 Å². The summed E-state index contributed by atoms with van der Waals surface area (Å²) in [5.41, 5.74) is 4.73. The molecule has 1 heterocycles. The first-order chi connectivity index (χ1) is 17.4. The summed E-state index contributed by atoms with van der Waals surface area (Å²) < 4.78 is 16.6. The molecule has 4 rings (SSSR count). The number of hydrogen-bond acceptors (Lipinski definition) is 6. The Kier molecular flexibility index (Phi) is 7.82. The van der Waals surface area contributed by atoms with Gasteiger partial charge in [0.25, 0.3) is 0 Å². The topological polar surface area (TPSA) is 73.9 Å². The van der Waals surface area contributed by atoms with Gasteiger partial charge in [-0.15, -0.1) is 0 Å². The van der Waals surface area contributed by atoms with Crippen molar-refractivity contribution in [3.63, 3.8) is 0 Å². The van der Waals surface area contributed by atoms with Crippen LogP contribution in [0, 0.1) is 0 Å². The predicted molar refractivity (Wildman–Crippen MR) is 139 cm³/mol. The normalized spacial score (nSPS) is 20.4. The molecule has 2 aromatic carbocycles. The fraction of sp³-hybridized carbons (Fsp3) is 0.400. The molecule has 0 unspecified atom stereocenters. The fourth-order valence-corrected chi connectivity index (χ4v) is 5.01. The Labute approximate surface area is 213 Å². The molecule has 1 aliphatic carbocycles. The van der Waals surface area contributed by atoms with Gasteiger partial charge in [-0.3, -0.25) is 4.79 Å². The van der Waals surface area contributed by atoms with E-state index in [-0.39, 0.29) is 23.8 Å². The van der Waals surface area contributed by atoms with E-state index >= 15 is 0 Å². The zero-order valence-electron chi connectivity index (χ0n) is 21.7. The van der Waals surface area contributed by atoms with E-state index in [0.29, 0.717) is 30.6 Å². The van der Waals surface area contributed by atoms with Crippen LogP contribution >= 0.6 is 0 Å². The molecular weight excluding hydrogens is 454 g/mol. The third-order valence-electron chi connectivity index (χ3n) is 7.04. The third-order valence-corrected chi connectivity index (χ3v) is 7.04. The smallest absolute Gasteiger partial charge is 0.337 e. The molecule has 0 saturated heterocycles. The molecule has 0 aromatic heterocycles. The highest BCUT2D eigenvalue weighted by atomic mass is 16.5. The molecule has 36 heavy (non-hydrogen) atoms. The number of hydrogen-bond donors (Lipinski definition) is 1. The van der Waals surface area contributed by atoms with E-state index in [9.17, 15) is 9.59 Å². The van der Waals surface area contributed by atoms with Crippen LogP contribution in [0.25, 0.3) is 0 Å². The highest BCUT2D eigenvalue weighted by Gasteiger charge is 2.41. The summed E-state index contributed by atoms with van der Waals surface area (Å²) in [6.45, 7) is 8.25. The molecule has 190 valence electrons. The van der Waals surface area contributed by atoms with Gasteiger partial charge in [0.05, 0.1) is 25.4 Å². The van der Waals surface area contributed by atoms with E-state index in [1.807, 2.05) is 76.2 Å². The van der Waals surface area contributed by atoms with Crippen LogP contribution in [0.1, 0.15) is 69.9 Å². The molecule has 0 radical (unpaired) electrons. The fourth-order valence-electron chi connectivity index (χ4n) is 5.01. The van der Waals surface area contributed by atoms with Gasteiger partial charge in [-0.25, -0.2) is 4.79 Å². The Bertz CT molecular complexity index is 1180. The molecule has 1 aliphatic heterocycles. The van der Waals surface area contributed by atoms with Crippen molar-refractivity contribution in [2.45, 2.75) is 64.9 Å². The van der Waals surface area contributed by atoms with Gasteiger partial charge in [-0.1, -0.05) is 31.2 Å².